The van der Waals surface area contributed by atoms with Crippen LogP contribution in [0.25, 0.3) is 0 Å². The molecular formula is C7H14O2. The molecule has 1 saturated heterocycles. The highest BCUT2D eigenvalue weighted by Crippen LogP contribution is 2.18. The third-order valence-electron chi connectivity index (χ3n) is 1.70. The Labute approximate surface area is 56.2 Å². The predicted molar refractivity (Wildman–Crippen MR) is 35.2 cm³/mol. The van der Waals surface area contributed by atoms with Crippen molar-refractivity contribution in [3.05, 3.63) is 0 Å². The van der Waals surface area contributed by atoms with Gasteiger partial charge in [-0.05, 0) is 26.2 Å². The van der Waals surface area contributed by atoms with Crippen molar-refractivity contribution in [2.24, 2.45) is 0 Å². The molecule has 0 aliphatic carbocycles. The van der Waals surface area contributed by atoms with Gasteiger partial charge in [-0.3, -0.25) is 0 Å². The van der Waals surface area contributed by atoms with Crippen LogP contribution in [0.1, 0.15) is 26.2 Å². The van der Waals surface area contributed by atoms with Crippen LogP contribution in [0.3, 0.4) is 0 Å². The summed E-state index contributed by atoms with van der Waals surface area (Å²) < 4.78 is 10.5. The third kappa shape index (κ3) is 1.95. The molecule has 9 heavy (non-hydrogen) atoms. The fraction of sp³-hybridized carbons (Fsp3) is 1.00. The van der Waals surface area contributed by atoms with E-state index in [-0.39, 0.29) is 6.29 Å². The van der Waals surface area contributed by atoms with Crippen molar-refractivity contribution < 1.29 is 9.47 Å². The fourth-order valence-electron chi connectivity index (χ4n) is 1.14. The maximum atomic E-state index is 5.41. The standard InChI is InChI=1S/C7H14O2/c1-6-4-3-5-7(8-2)9-6/h6-7H,3-5H2,1-2H3/t6-,7+/m0/s1. The molecule has 1 rings (SSSR count). The van der Waals surface area contributed by atoms with E-state index in [9.17, 15) is 0 Å². The topological polar surface area (TPSA) is 18.5 Å². The van der Waals surface area contributed by atoms with E-state index in [1.54, 1.807) is 7.11 Å². The van der Waals surface area contributed by atoms with Crippen LogP contribution in [0.4, 0.5) is 0 Å². The van der Waals surface area contributed by atoms with Crippen LogP contribution in [-0.4, -0.2) is 19.5 Å². The molecule has 0 spiro atoms. The van der Waals surface area contributed by atoms with Crippen molar-refractivity contribution in [3.63, 3.8) is 0 Å². The summed E-state index contributed by atoms with van der Waals surface area (Å²) in [7, 11) is 1.70. The lowest BCUT2D eigenvalue weighted by Gasteiger charge is -2.26. The van der Waals surface area contributed by atoms with E-state index in [4.69, 9.17) is 9.47 Å². The number of hydrogen-bond donors (Lipinski definition) is 0. The Morgan fingerprint density at radius 3 is 2.67 bits per heavy atom. The van der Waals surface area contributed by atoms with Gasteiger partial charge in [0.2, 0.25) is 0 Å². The maximum absolute atomic E-state index is 5.41. The lowest BCUT2D eigenvalue weighted by atomic mass is 10.1. The second-order valence-electron chi connectivity index (χ2n) is 2.54. The summed E-state index contributed by atoms with van der Waals surface area (Å²) in [5.74, 6) is 0. The lowest BCUT2D eigenvalue weighted by molar-refractivity contribution is -0.174. The molecule has 0 unspecified atom stereocenters. The van der Waals surface area contributed by atoms with E-state index < -0.39 is 0 Å². The fourth-order valence-corrected chi connectivity index (χ4v) is 1.14. The average molecular weight is 130 g/mol. The van der Waals surface area contributed by atoms with Gasteiger partial charge in [-0.25, -0.2) is 0 Å². The van der Waals surface area contributed by atoms with Crippen molar-refractivity contribution in [3.8, 4) is 0 Å². The molecular weight excluding hydrogens is 116 g/mol. The second kappa shape index (κ2) is 3.18. The SMILES string of the molecule is CO[C@H]1CCC[C@H](C)O1. The molecule has 0 saturated carbocycles. The molecule has 1 fully saturated rings. The molecule has 0 amide bonds. The molecule has 0 bridgehead atoms. The van der Waals surface area contributed by atoms with Crippen LogP contribution in [0.5, 0.6) is 0 Å². The highest BCUT2D eigenvalue weighted by atomic mass is 16.7. The number of rotatable bonds is 1. The van der Waals surface area contributed by atoms with Gasteiger partial charge in [0.1, 0.15) is 0 Å². The highest BCUT2D eigenvalue weighted by Gasteiger charge is 2.17. The van der Waals surface area contributed by atoms with Crippen molar-refractivity contribution in [1.82, 2.24) is 0 Å². The minimum Gasteiger partial charge on any atom is -0.356 e. The quantitative estimate of drug-likeness (QED) is 0.536. The summed E-state index contributed by atoms with van der Waals surface area (Å²) in [5, 5.41) is 0. The summed E-state index contributed by atoms with van der Waals surface area (Å²) in [5.41, 5.74) is 0. The minimum absolute atomic E-state index is 0.0637. The molecule has 1 aliphatic rings. The van der Waals surface area contributed by atoms with Gasteiger partial charge in [0.05, 0.1) is 6.10 Å². The summed E-state index contributed by atoms with van der Waals surface area (Å²) in [4.78, 5) is 0. The molecule has 54 valence electrons. The van der Waals surface area contributed by atoms with Gasteiger partial charge < -0.3 is 9.47 Å². The first-order chi connectivity index (χ1) is 4.33. The van der Waals surface area contributed by atoms with Crippen LogP contribution >= 0.6 is 0 Å². The Balaban J connectivity index is 2.23. The first-order valence-corrected chi connectivity index (χ1v) is 3.51. The molecule has 1 heterocycles. The summed E-state index contributed by atoms with van der Waals surface area (Å²) >= 11 is 0. The van der Waals surface area contributed by atoms with E-state index in [0.29, 0.717) is 6.10 Å². The van der Waals surface area contributed by atoms with Crippen LogP contribution in [0.15, 0.2) is 0 Å². The van der Waals surface area contributed by atoms with Gasteiger partial charge in [0.15, 0.2) is 6.29 Å². The van der Waals surface area contributed by atoms with Crippen LogP contribution in [-0.2, 0) is 9.47 Å². The zero-order valence-electron chi connectivity index (χ0n) is 6.09. The van der Waals surface area contributed by atoms with E-state index in [0.717, 1.165) is 6.42 Å². The van der Waals surface area contributed by atoms with Gasteiger partial charge in [-0.1, -0.05) is 0 Å². The molecule has 0 N–H and O–H groups in total. The average Bonchev–Trinajstić information content (AvgIpc) is 1.88. The van der Waals surface area contributed by atoms with Gasteiger partial charge in [0, 0.05) is 7.11 Å². The number of ether oxygens (including phenoxy) is 2. The number of hydrogen-bond acceptors (Lipinski definition) is 2. The first kappa shape index (κ1) is 7.03. The zero-order chi connectivity index (χ0) is 6.69. The molecule has 2 atom stereocenters. The number of methoxy groups -OCH3 is 1. The van der Waals surface area contributed by atoms with E-state index in [1.165, 1.54) is 12.8 Å². The predicted octanol–water partition coefficient (Wildman–Crippen LogP) is 1.55. The summed E-state index contributed by atoms with van der Waals surface area (Å²) in [6.45, 7) is 2.09. The third-order valence-corrected chi connectivity index (χ3v) is 1.70. The van der Waals surface area contributed by atoms with Crippen molar-refractivity contribution in [1.29, 1.82) is 0 Å². The monoisotopic (exact) mass is 130 g/mol. The minimum atomic E-state index is 0.0637. The Kier molecular flexibility index (Phi) is 2.49. The largest absolute Gasteiger partial charge is 0.356 e. The Morgan fingerprint density at radius 2 is 2.22 bits per heavy atom. The first-order valence-electron chi connectivity index (χ1n) is 3.51. The van der Waals surface area contributed by atoms with E-state index in [1.807, 2.05) is 0 Å². The van der Waals surface area contributed by atoms with Crippen molar-refractivity contribution in [2.75, 3.05) is 7.11 Å². The molecule has 1 aliphatic heterocycles. The lowest BCUT2D eigenvalue weighted by Crippen LogP contribution is -2.26. The van der Waals surface area contributed by atoms with Gasteiger partial charge >= 0.3 is 0 Å². The van der Waals surface area contributed by atoms with Gasteiger partial charge in [-0.15, -0.1) is 0 Å². The molecule has 2 heteroatoms. The maximum Gasteiger partial charge on any atom is 0.157 e. The zero-order valence-corrected chi connectivity index (χ0v) is 6.09. The molecule has 0 aromatic rings. The summed E-state index contributed by atoms with van der Waals surface area (Å²) in [6.07, 6.45) is 3.93. The molecule has 0 radical (unpaired) electrons. The second-order valence-corrected chi connectivity index (χ2v) is 2.54. The molecule has 2 nitrogen and oxygen atoms in total. The van der Waals surface area contributed by atoms with Crippen LogP contribution in [0.2, 0.25) is 0 Å². The van der Waals surface area contributed by atoms with Gasteiger partial charge in [-0.2, -0.15) is 0 Å². The Bertz CT molecular complexity index is 83.0. The Hall–Kier alpha value is -0.0800. The van der Waals surface area contributed by atoms with Crippen molar-refractivity contribution >= 4 is 0 Å². The van der Waals surface area contributed by atoms with Gasteiger partial charge in [0.25, 0.3) is 0 Å². The Morgan fingerprint density at radius 1 is 1.44 bits per heavy atom. The normalized spacial score (nSPS) is 36.7. The van der Waals surface area contributed by atoms with Crippen molar-refractivity contribution in [2.45, 2.75) is 38.6 Å². The van der Waals surface area contributed by atoms with Crippen LogP contribution < -0.4 is 0 Å². The van der Waals surface area contributed by atoms with Crippen LogP contribution in [0, 0.1) is 0 Å². The summed E-state index contributed by atoms with van der Waals surface area (Å²) in [6, 6.07) is 0. The van der Waals surface area contributed by atoms with E-state index in [2.05, 4.69) is 6.92 Å². The highest BCUT2D eigenvalue weighted by molar-refractivity contribution is 4.60. The molecule has 0 aromatic heterocycles. The molecule has 0 aromatic carbocycles. The smallest absolute Gasteiger partial charge is 0.157 e. The van der Waals surface area contributed by atoms with E-state index >= 15 is 0 Å².